The summed E-state index contributed by atoms with van der Waals surface area (Å²) in [5.74, 6) is -2.99. The number of thiazole rings is 1. The third kappa shape index (κ3) is 7.13. The molecule has 1 amide bonds. The molecule has 3 rings (SSSR count). The van der Waals surface area contributed by atoms with Crippen molar-refractivity contribution in [2.75, 3.05) is 10.0 Å². The van der Waals surface area contributed by atoms with Crippen molar-refractivity contribution in [3.63, 3.8) is 0 Å². The van der Waals surface area contributed by atoms with Gasteiger partial charge in [-0.05, 0) is 13.0 Å². The van der Waals surface area contributed by atoms with E-state index < -0.39 is 22.2 Å². The third-order valence-corrected chi connectivity index (χ3v) is 6.30. The highest BCUT2D eigenvalue weighted by molar-refractivity contribution is 7.92. The molecule has 11 nitrogen and oxygen atoms in total. The fraction of sp³-hybridized carbons (Fsp3) is 0.235. The Bertz CT molecular complexity index is 1320. The minimum atomic E-state index is -5.08. The average Bonchev–Trinajstić information content (AvgIpc) is 3.28. The number of aryl methyl sites for hydroxylation is 2. The number of pyridine rings is 1. The first-order valence-electron chi connectivity index (χ1n) is 8.82. The molecule has 3 N–H and O–H groups in total. The fourth-order valence-corrected chi connectivity index (χ4v) is 4.48. The highest BCUT2D eigenvalue weighted by Crippen LogP contribution is 2.35. The predicted octanol–water partition coefficient (Wildman–Crippen LogP) is 3.29. The Morgan fingerprint density at radius 3 is 2.38 bits per heavy atom. The number of carbonyl (C=O) groups is 2. The molecular formula is C17H16ClF3N6O5S2. The van der Waals surface area contributed by atoms with Gasteiger partial charge in [0.2, 0.25) is 5.91 Å². The van der Waals surface area contributed by atoms with Crippen LogP contribution in [0.4, 0.5) is 24.0 Å². The number of nitrogens with zero attached hydrogens (tertiary/aromatic N) is 4. The lowest BCUT2D eigenvalue weighted by molar-refractivity contribution is -0.192. The van der Waals surface area contributed by atoms with Gasteiger partial charge in [0, 0.05) is 31.9 Å². The lowest BCUT2D eigenvalue weighted by atomic mass is 10.2. The summed E-state index contributed by atoms with van der Waals surface area (Å²) in [6, 6.07) is 1.56. The van der Waals surface area contributed by atoms with E-state index in [9.17, 15) is 26.4 Å². The maximum atomic E-state index is 12.5. The van der Waals surface area contributed by atoms with E-state index in [0.717, 1.165) is 4.88 Å². The van der Waals surface area contributed by atoms with Gasteiger partial charge in [0.15, 0.2) is 15.3 Å². The SMILES string of the molecule is CC(=O)Nc1nc(C)c(-c2cnc(Cl)c(NS(=O)(=O)c3cn(C)cn3)c2)s1.O=C(O)C(F)(F)F. The van der Waals surface area contributed by atoms with Crippen molar-refractivity contribution in [1.29, 1.82) is 0 Å². The number of imidazole rings is 1. The van der Waals surface area contributed by atoms with Gasteiger partial charge < -0.3 is 15.0 Å². The highest BCUT2D eigenvalue weighted by Gasteiger charge is 2.38. The second-order valence-corrected chi connectivity index (χ2v) is 9.45. The maximum Gasteiger partial charge on any atom is 0.490 e. The number of anilines is 2. The molecule has 3 aromatic heterocycles. The Morgan fingerprint density at radius 2 is 1.88 bits per heavy atom. The quantitative estimate of drug-likeness (QED) is 0.416. The zero-order chi connectivity index (χ0) is 25.8. The molecule has 0 saturated heterocycles. The fourth-order valence-electron chi connectivity index (χ4n) is 2.24. The van der Waals surface area contributed by atoms with E-state index in [1.165, 1.54) is 41.5 Å². The van der Waals surface area contributed by atoms with Crippen molar-refractivity contribution >= 4 is 55.7 Å². The van der Waals surface area contributed by atoms with Gasteiger partial charge in [-0.3, -0.25) is 9.52 Å². The Hall–Kier alpha value is -3.24. The standard InChI is InChI=1S/C15H15ClN6O3S2.C2HF3O2/c1-8-13(26-15(19-8)20-9(2)23)10-4-11(14(16)17-5-10)21-27(24,25)12-6-22(3)7-18-12;3-2(4,5)1(6)7/h4-7,21H,1-3H3,(H,19,20,23);(H,6,7). The predicted molar refractivity (Wildman–Crippen MR) is 117 cm³/mol. The highest BCUT2D eigenvalue weighted by atomic mass is 35.5. The number of amides is 1. The monoisotopic (exact) mass is 540 g/mol. The van der Waals surface area contributed by atoms with Crippen LogP contribution in [0.3, 0.4) is 0 Å². The van der Waals surface area contributed by atoms with E-state index >= 15 is 0 Å². The number of sulfonamides is 1. The van der Waals surface area contributed by atoms with Crippen molar-refractivity contribution < 1.29 is 36.3 Å². The Kier molecular flexibility index (Phi) is 8.22. The minimum Gasteiger partial charge on any atom is -0.475 e. The summed E-state index contributed by atoms with van der Waals surface area (Å²) in [7, 11) is -2.24. The number of aromatic nitrogens is 4. The van der Waals surface area contributed by atoms with E-state index in [1.807, 2.05) is 0 Å². The van der Waals surface area contributed by atoms with E-state index in [4.69, 9.17) is 21.5 Å². The zero-order valence-electron chi connectivity index (χ0n) is 17.5. The van der Waals surface area contributed by atoms with Crippen molar-refractivity contribution in [2.45, 2.75) is 25.0 Å². The molecule has 0 radical (unpaired) electrons. The molecule has 34 heavy (non-hydrogen) atoms. The lowest BCUT2D eigenvalue weighted by Crippen LogP contribution is -2.21. The second-order valence-electron chi connectivity index (χ2n) is 6.46. The molecule has 0 bridgehead atoms. The molecule has 0 aliphatic heterocycles. The number of aliphatic carboxylic acids is 1. The number of carboxylic acid groups (broad SMARTS) is 1. The smallest absolute Gasteiger partial charge is 0.475 e. The molecule has 0 aliphatic carbocycles. The number of carbonyl (C=O) groups excluding carboxylic acids is 1. The van der Waals surface area contributed by atoms with Gasteiger partial charge in [0.05, 0.1) is 22.6 Å². The molecule has 0 atom stereocenters. The third-order valence-electron chi connectivity index (χ3n) is 3.62. The van der Waals surface area contributed by atoms with Gasteiger partial charge >= 0.3 is 12.1 Å². The number of carboxylic acids is 1. The van der Waals surface area contributed by atoms with Crippen LogP contribution in [0.25, 0.3) is 10.4 Å². The minimum absolute atomic E-state index is 0.00232. The normalized spacial score (nSPS) is 11.4. The number of nitrogens with one attached hydrogen (secondary N) is 2. The topological polar surface area (TPSA) is 156 Å². The van der Waals surface area contributed by atoms with Gasteiger partial charge in [-0.1, -0.05) is 22.9 Å². The van der Waals surface area contributed by atoms with Gasteiger partial charge in [-0.25, -0.2) is 19.7 Å². The zero-order valence-corrected chi connectivity index (χ0v) is 19.9. The molecule has 3 heterocycles. The van der Waals surface area contributed by atoms with Crippen LogP contribution >= 0.6 is 22.9 Å². The average molecular weight is 541 g/mol. The van der Waals surface area contributed by atoms with E-state index in [-0.39, 0.29) is 21.8 Å². The van der Waals surface area contributed by atoms with Crippen LogP contribution in [0.15, 0.2) is 29.8 Å². The summed E-state index contributed by atoms with van der Waals surface area (Å²) in [5, 5.41) is 10.1. The Morgan fingerprint density at radius 1 is 1.26 bits per heavy atom. The summed E-state index contributed by atoms with van der Waals surface area (Å²) < 4.78 is 60.6. The van der Waals surface area contributed by atoms with Crippen LogP contribution in [0.1, 0.15) is 12.6 Å². The van der Waals surface area contributed by atoms with Crippen LogP contribution in [0.2, 0.25) is 5.15 Å². The second kappa shape index (κ2) is 10.4. The summed E-state index contributed by atoms with van der Waals surface area (Å²) in [6.07, 6.45) is -0.811. The van der Waals surface area contributed by atoms with Crippen molar-refractivity contribution in [3.05, 3.63) is 35.6 Å². The van der Waals surface area contributed by atoms with Crippen LogP contribution in [-0.4, -0.2) is 51.1 Å². The molecule has 17 heteroatoms. The molecular weight excluding hydrogens is 525 g/mol. The number of hydrogen-bond acceptors (Lipinski definition) is 8. The number of hydrogen-bond donors (Lipinski definition) is 3. The van der Waals surface area contributed by atoms with Gasteiger partial charge in [-0.2, -0.15) is 21.6 Å². The summed E-state index contributed by atoms with van der Waals surface area (Å²) in [6.45, 7) is 3.17. The molecule has 3 aromatic rings. The first-order chi connectivity index (χ1) is 15.6. The van der Waals surface area contributed by atoms with Gasteiger partial charge in [0.25, 0.3) is 10.0 Å². The Balaban J connectivity index is 0.000000509. The molecule has 184 valence electrons. The van der Waals surface area contributed by atoms with E-state index in [0.29, 0.717) is 16.4 Å². The van der Waals surface area contributed by atoms with Crippen LogP contribution < -0.4 is 10.0 Å². The number of halogens is 4. The molecule has 0 saturated carbocycles. The maximum absolute atomic E-state index is 12.5. The van der Waals surface area contributed by atoms with Crippen molar-refractivity contribution in [1.82, 2.24) is 19.5 Å². The van der Waals surface area contributed by atoms with Crippen molar-refractivity contribution in [3.8, 4) is 10.4 Å². The number of rotatable bonds is 5. The molecule has 0 aliphatic rings. The molecule has 0 spiro atoms. The van der Waals surface area contributed by atoms with Crippen LogP contribution in [0.5, 0.6) is 0 Å². The number of alkyl halides is 3. The lowest BCUT2D eigenvalue weighted by Gasteiger charge is -2.09. The molecule has 0 fully saturated rings. The van der Waals surface area contributed by atoms with Crippen LogP contribution in [-0.2, 0) is 26.7 Å². The first kappa shape index (κ1) is 27.0. The van der Waals surface area contributed by atoms with Crippen LogP contribution in [0, 0.1) is 6.92 Å². The van der Waals surface area contributed by atoms with E-state index in [2.05, 4.69) is 25.0 Å². The summed E-state index contributed by atoms with van der Waals surface area (Å²) in [4.78, 5) is 33.0. The molecule has 0 unspecified atom stereocenters. The van der Waals surface area contributed by atoms with Gasteiger partial charge in [-0.15, -0.1) is 0 Å². The summed E-state index contributed by atoms with van der Waals surface area (Å²) in [5.41, 5.74) is 1.41. The molecule has 0 aromatic carbocycles. The largest absolute Gasteiger partial charge is 0.490 e. The Labute approximate surface area is 199 Å². The van der Waals surface area contributed by atoms with Crippen molar-refractivity contribution in [2.24, 2.45) is 7.05 Å². The summed E-state index contributed by atoms with van der Waals surface area (Å²) >= 11 is 7.32. The first-order valence-corrected chi connectivity index (χ1v) is 11.5. The van der Waals surface area contributed by atoms with Gasteiger partial charge in [0.1, 0.15) is 0 Å². The van der Waals surface area contributed by atoms with E-state index in [1.54, 1.807) is 20.0 Å².